The molecule has 0 N–H and O–H groups in total. The van der Waals surface area contributed by atoms with Crippen molar-refractivity contribution in [3.63, 3.8) is 0 Å². The largest absolute Gasteiger partial charge is 0.309 e. The lowest BCUT2D eigenvalue weighted by atomic mass is 10.1. The Morgan fingerprint density at radius 1 is 0.288 bits per heavy atom. The number of benzene rings is 8. The fourth-order valence-corrected chi connectivity index (χ4v) is 10.1. The lowest BCUT2D eigenvalue weighted by Crippen LogP contribution is -1.96. The van der Waals surface area contributed by atoms with Gasteiger partial charge >= 0.3 is 0 Å². The Morgan fingerprint density at radius 3 is 1.35 bits per heavy atom. The van der Waals surface area contributed by atoms with Gasteiger partial charge in [-0.1, -0.05) is 109 Å². The number of nitrogens with zero attached hydrogens (tertiary/aromatic N) is 3. The molecule has 0 aliphatic rings. The Labute approximate surface area is 302 Å². The van der Waals surface area contributed by atoms with Crippen molar-refractivity contribution in [1.82, 2.24) is 13.7 Å². The van der Waals surface area contributed by atoms with E-state index in [2.05, 4.69) is 190 Å². The van der Waals surface area contributed by atoms with Crippen LogP contribution in [0.25, 0.3) is 103 Å². The lowest BCUT2D eigenvalue weighted by Gasteiger charge is -2.11. The van der Waals surface area contributed by atoms with Gasteiger partial charge in [-0.15, -0.1) is 11.3 Å². The van der Waals surface area contributed by atoms with Gasteiger partial charge < -0.3 is 13.7 Å². The van der Waals surface area contributed by atoms with Crippen molar-refractivity contribution in [3.8, 4) is 17.1 Å². The van der Waals surface area contributed by atoms with Crippen LogP contribution in [0.1, 0.15) is 0 Å². The number of rotatable bonds is 3. The number of hydrogen-bond donors (Lipinski definition) is 0. The van der Waals surface area contributed by atoms with Crippen LogP contribution in [-0.4, -0.2) is 13.7 Å². The molecule has 0 spiro atoms. The summed E-state index contributed by atoms with van der Waals surface area (Å²) in [5.74, 6) is 0. The van der Waals surface area contributed by atoms with Crippen LogP contribution < -0.4 is 0 Å². The maximum Gasteiger partial charge on any atom is 0.0719 e. The molecule has 0 saturated carbocycles. The van der Waals surface area contributed by atoms with E-state index < -0.39 is 0 Å². The standard InChI is InChI=1S/C48H29N3S/c1-2-12-30(13-3-1)51-45-29-32(50-43-20-10-6-16-35(43)36-17-7-11-21-44(36)50)22-24-37(45)38-25-26-39-40-28-31(23-27-46(40)52-48(39)47(38)51)49-41-18-8-4-14-33(41)34-15-5-9-19-42(34)49/h1-29H. The van der Waals surface area contributed by atoms with Crippen LogP contribution in [0.5, 0.6) is 0 Å². The lowest BCUT2D eigenvalue weighted by molar-refractivity contribution is 1.16. The van der Waals surface area contributed by atoms with Gasteiger partial charge in [0.15, 0.2) is 0 Å². The Kier molecular flexibility index (Phi) is 5.65. The van der Waals surface area contributed by atoms with E-state index in [4.69, 9.17) is 0 Å². The molecular formula is C48H29N3S. The van der Waals surface area contributed by atoms with E-state index in [0.717, 1.165) is 11.4 Å². The fraction of sp³-hybridized carbons (Fsp3) is 0. The summed E-state index contributed by atoms with van der Waals surface area (Å²) in [6.07, 6.45) is 0. The minimum absolute atomic E-state index is 1.16. The molecule has 0 radical (unpaired) electrons. The van der Waals surface area contributed by atoms with Crippen molar-refractivity contribution in [2.24, 2.45) is 0 Å². The summed E-state index contributed by atoms with van der Waals surface area (Å²) >= 11 is 1.90. The quantitative estimate of drug-likeness (QED) is 0.177. The Morgan fingerprint density at radius 2 is 0.750 bits per heavy atom. The fourth-order valence-electron chi connectivity index (χ4n) is 8.83. The third-order valence-corrected chi connectivity index (χ3v) is 12.2. The highest BCUT2D eigenvalue weighted by Crippen LogP contribution is 2.45. The monoisotopic (exact) mass is 679 g/mol. The zero-order valence-electron chi connectivity index (χ0n) is 28.0. The summed E-state index contributed by atoms with van der Waals surface area (Å²) in [5, 5.41) is 10.2. The van der Waals surface area contributed by atoms with Crippen molar-refractivity contribution < 1.29 is 0 Å². The van der Waals surface area contributed by atoms with E-state index in [1.165, 1.54) is 91.3 Å². The topological polar surface area (TPSA) is 14.8 Å². The molecule has 4 heteroatoms. The van der Waals surface area contributed by atoms with Gasteiger partial charge in [0, 0.05) is 64.9 Å². The Balaban J connectivity index is 1.15. The smallest absolute Gasteiger partial charge is 0.0719 e. The van der Waals surface area contributed by atoms with Gasteiger partial charge in [-0.3, -0.25) is 0 Å². The SMILES string of the molecule is c1ccc(-n2c3cc(-n4c5ccccc5c5ccccc54)ccc3c3ccc4c5cc(-n6c7ccccc7c7ccccc76)ccc5sc4c32)cc1. The van der Waals surface area contributed by atoms with Crippen LogP contribution in [-0.2, 0) is 0 Å². The molecule has 8 aromatic carbocycles. The maximum absolute atomic E-state index is 2.49. The predicted octanol–water partition coefficient (Wildman–Crippen LogP) is 13.3. The highest BCUT2D eigenvalue weighted by atomic mass is 32.1. The highest BCUT2D eigenvalue weighted by molar-refractivity contribution is 7.26. The van der Waals surface area contributed by atoms with Gasteiger partial charge in [0.25, 0.3) is 0 Å². The average Bonchev–Trinajstić information content (AvgIpc) is 3.94. The van der Waals surface area contributed by atoms with E-state index in [9.17, 15) is 0 Å². The van der Waals surface area contributed by atoms with Gasteiger partial charge in [0.1, 0.15) is 0 Å². The van der Waals surface area contributed by atoms with Crippen LogP contribution >= 0.6 is 11.3 Å². The molecule has 3 nitrogen and oxygen atoms in total. The number of thiophene rings is 1. The first-order valence-electron chi connectivity index (χ1n) is 17.8. The number of para-hydroxylation sites is 5. The number of aromatic nitrogens is 3. The summed E-state index contributed by atoms with van der Waals surface area (Å²) in [4.78, 5) is 0. The third kappa shape index (κ3) is 3.74. The Bertz CT molecular complexity index is 3300. The van der Waals surface area contributed by atoms with Crippen LogP contribution in [0.2, 0.25) is 0 Å². The normalized spacial score (nSPS) is 12.2. The molecule has 52 heavy (non-hydrogen) atoms. The average molecular weight is 680 g/mol. The van der Waals surface area contributed by atoms with Gasteiger partial charge in [-0.2, -0.15) is 0 Å². The zero-order valence-corrected chi connectivity index (χ0v) is 28.8. The van der Waals surface area contributed by atoms with E-state index in [1.807, 2.05) is 11.3 Å². The molecule has 0 aliphatic carbocycles. The molecule has 12 aromatic rings. The second-order valence-corrected chi connectivity index (χ2v) is 14.8. The first-order chi connectivity index (χ1) is 25.8. The second-order valence-electron chi connectivity index (χ2n) is 13.7. The molecule has 0 saturated heterocycles. The molecule has 0 bridgehead atoms. The first kappa shape index (κ1) is 28.1. The minimum Gasteiger partial charge on any atom is -0.309 e. The van der Waals surface area contributed by atoms with Gasteiger partial charge in [-0.05, 0) is 66.7 Å². The van der Waals surface area contributed by atoms with Gasteiger partial charge in [0.05, 0.1) is 37.8 Å². The minimum atomic E-state index is 1.16. The highest BCUT2D eigenvalue weighted by Gasteiger charge is 2.20. The molecule has 4 heterocycles. The molecule has 0 atom stereocenters. The molecule has 12 rings (SSSR count). The molecule has 0 amide bonds. The summed E-state index contributed by atoms with van der Waals surface area (Å²) < 4.78 is 9.94. The first-order valence-corrected chi connectivity index (χ1v) is 18.6. The van der Waals surface area contributed by atoms with Gasteiger partial charge in [0.2, 0.25) is 0 Å². The second kappa shape index (κ2) is 10.5. The van der Waals surface area contributed by atoms with Crippen LogP contribution in [0, 0.1) is 0 Å². The van der Waals surface area contributed by atoms with Crippen molar-refractivity contribution in [2.75, 3.05) is 0 Å². The van der Waals surface area contributed by atoms with E-state index >= 15 is 0 Å². The van der Waals surface area contributed by atoms with Crippen molar-refractivity contribution in [1.29, 1.82) is 0 Å². The van der Waals surface area contributed by atoms with Crippen LogP contribution in [0.15, 0.2) is 176 Å². The molecule has 4 aromatic heterocycles. The summed E-state index contributed by atoms with van der Waals surface area (Å²) in [5.41, 5.74) is 10.9. The molecule has 0 fully saturated rings. The molecular weight excluding hydrogens is 651 g/mol. The van der Waals surface area contributed by atoms with E-state index in [1.54, 1.807) is 0 Å². The molecule has 0 aliphatic heterocycles. The molecule has 242 valence electrons. The zero-order chi connectivity index (χ0) is 33.9. The van der Waals surface area contributed by atoms with Gasteiger partial charge in [-0.25, -0.2) is 0 Å². The predicted molar refractivity (Wildman–Crippen MR) is 222 cm³/mol. The van der Waals surface area contributed by atoms with E-state index in [0.29, 0.717) is 0 Å². The maximum atomic E-state index is 2.49. The third-order valence-electron chi connectivity index (χ3n) is 11.0. The van der Waals surface area contributed by atoms with E-state index in [-0.39, 0.29) is 0 Å². The summed E-state index contributed by atoms with van der Waals surface area (Å²) in [7, 11) is 0. The number of fused-ring (bicyclic) bond motifs is 13. The van der Waals surface area contributed by atoms with Crippen LogP contribution in [0.3, 0.4) is 0 Å². The summed E-state index contributed by atoms with van der Waals surface area (Å²) in [6, 6.07) is 64.6. The van der Waals surface area contributed by atoms with Crippen molar-refractivity contribution in [2.45, 2.75) is 0 Å². The van der Waals surface area contributed by atoms with Crippen LogP contribution in [0.4, 0.5) is 0 Å². The number of hydrogen-bond acceptors (Lipinski definition) is 1. The summed E-state index contributed by atoms with van der Waals surface area (Å²) in [6.45, 7) is 0. The van der Waals surface area contributed by atoms with Crippen molar-refractivity contribution >= 4 is 96.9 Å². The van der Waals surface area contributed by atoms with Crippen molar-refractivity contribution in [3.05, 3.63) is 176 Å². The molecule has 0 unspecified atom stereocenters. The Hall–Kier alpha value is -6.62.